The highest BCUT2D eigenvalue weighted by Crippen LogP contribution is 2.22. The molecule has 2 rings (SSSR count). The van der Waals surface area contributed by atoms with Crippen molar-refractivity contribution >= 4 is 16.0 Å². The van der Waals surface area contributed by atoms with Crippen LogP contribution in [0, 0.1) is 5.92 Å². The lowest BCUT2D eigenvalue weighted by molar-refractivity contribution is -0.143. The number of sulfonamides is 1. The third-order valence-electron chi connectivity index (χ3n) is 3.93. The molecule has 0 heterocycles. The minimum absolute atomic E-state index is 0.0329. The summed E-state index contributed by atoms with van der Waals surface area (Å²) in [6.07, 6.45) is 0. The zero-order valence-corrected chi connectivity index (χ0v) is 15.2. The molecule has 2 aromatic carbocycles. The third kappa shape index (κ3) is 5.14. The van der Waals surface area contributed by atoms with Crippen molar-refractivity contribution in [2.24, 2.45) is 5.92 Å². The molecule has 0 saturated carbocycles. The Hall–Kier alpha value is -2.18. The molecule has 0 amide bonds. The molecule has 0 spiro atoms. The van der Waals surface area contributed by atoms with Gasteiger partial charge in [-0.15, -0.1) is 0 Å². The molecule has 0 aromatic heterocycles. The van der Waals surface area contributed by atoms with Crippen molar-refractivity contribution in [3.05, 3.63) is 71.8 Å². The van der Waals surface area contributed by atoms with Crippen molar-refractivity contribution in [3.63, 3.8) is 0 Å². The fraction of sp³-hybridized carbons (Fsp3) is 0.316. The van der Waals surface area contributed by atoms with Gasteiger partial charge in [0.05, 0.1) is 5.75 Å². The molecule has 0 aliphatic heterocycles. The predicted octanol–water partition coefficient (Wildman–Crippen LogP) is 3.13. The topological polar surface area (TPSA) is 74.7 Å². The van der Waals surface area contributed by atoms with Crippen molar-refractivity contribution in [1.29, 1.82) is 0 Å². The van der Waals surface area contributed by atoms with Gasteiger partial charge in [0, 0.05) is 6.54 Å². The van der Waals surface area contributed by atoms with E-state index in [1.165, 1.54) is 0 Å². The number of carbonyl (C=O) groups is 1. The van der Waals surface area contributed by atoms with Crippen LogP contribution in [0.3, 0.4) is 0 Å². The van der Waals surface area contributed by atoms with E-state index in [0.717, 1.165) is 9.87 Å². The lowest BCUT2D eigenvalue weighted by atomic mass is 10.0. The van der Waals surface area contributed by atoms with E-state index in [4.69, 9.17) is 0 Å². The maximum absolute atomic E-state index is 13.0. The molecule has 5 nitrogen and oxygen atoms in total. The molecule has 0 fully saturated rings. The third-order valence-corrected chi connectivity index (χ3v) is 5.69. The second kappa shape index (κ2) is 8.27. The van der Waals surface area contributed by atoms with Gasteiger partial charge in [-0.1, -0.05) is 74.5 Å². The van der Waals surface area contributed by atoms with E-state index in [9.17, 15) is 18.3 Å². The summed E-state index contributed by atoms with van der Waals surface area (Å²) in [6.45, 7) is 3.47. The average Bonchev–Trinajstić information content (AvgIpc) is 2.55. The lowest BCUT2D eigenvalue weighted by Crippen LogP contribution is -2.47. The lowest BCUT2D eigenvalue weighted by Gasteiger charge is -2.30. The molecule has 1 N–H and O–H groups in total. The first-order valence-electron chi connectivity index (χ1n) is 8.11. The molecule has 0 saturated heterocycles. The molecule has 1 atom stereocenters. The molecular weight excluding hydrogens is 338 g/mol. The molecule has 134 valence electrons. The molecule has 0 radical (unpaired) electrons. The number of benzene rings is 2. The van der Waals surface area contributed by atoms with Crippen LogP contribution in [-0.4, -0.2) is 29.8 Å². The molecule has 0 bridgehead atoms. The maximum Gasteiger partial charge on any atom is 0.322 e. The van der Waals surface area contributed by atoms with E-state index in [1.807, 2.05) is 24.3 Å². The Labute approximate surface area is 149 Å². The van der Waals surface area contributed by atoms with Gasteiger partial charge < -0.3 is 5.11 Å². The van der Waals surface area contributed by atoms with E-state index in [2.05, 4.69) is 0 Å². The zero-order chi connectivity index (χ0) is 18.4. The van der Waals surface area contributed by atoms with E-state index >= 15 is 0 Å². The normalized spacial score (nSPS) is 13.1. The molecule has 0 aliphatic carbocycles. The van der Waals surface area contributed by atoms with Gasteiger partial charge in [0.1, 0.15) is 6.04 Å². The van der Waals surface area contributed by atoms with Crippen LogP contribution in [-0.2, 0) is 27.1 Å². The number of carboxylic acid groups (broad SMARTS) is 1. The van der Waals surface area contributed by atoms with Crippen molar-refractivity contribution in [2.45, 2.75) is 32.2 Å². The highest BCUT2D eigenvalue weighted by molar-refractivity contribution is 7.88. The van der Waals surface area contributed by atoms with E-state index < -0.39 is 22.0 Å². The number of hydrogen-bond donors (Lipinski definition) is 1. The fourth-order valence-electron chi connectivity index (χ4n) is 2.74. The first-order valence-corrected chi connectivity index (χ1v) is 9.72. The number of hydrogen-bond acceptors (Lipinski definition) is 3. The van der Waals surface area contributed by atoms with E-state index in [-0.39, 0.29) is 18.2 Å². The smallest absolute Gasteiger partial charge is 0.322 e. The standard InChI is InChI=1S/C19H23NO4S/c1-15(2)18(19(21)22)20(13-16-9-5-3-6-10-16)25(23,24)14-17-11-7-4-8-12-17/h3-12,15,18H,13-14H2,1-2H3,(H,21,22)/t18-/m0/s1. The average molecular weight is 361 g/mol. The second-order valence-electron chi connectivity index (χ2n) is 6.30. The van der Waals surface area contributed by atoms with Crippen LogP contribution in [0.1, 0.15) is 25.0 Å². The predicted molar refractivity (Wildman–Crippen MR) is 97.3 cm³/mol. The Bertz CT molecular complexity index is 789. The number of rotatable bonds is 8. The van der Waals surface area contributed by atoms with Crippen molar-refractivity contribution in [2.75, 3.05) is 0 Å². The first-order chi connectivity index (χ1) is 11.8. The minimum Gasteiger partial charge on any atom is -0.480 e. The van der Waals surface area contributed by atoms with Crippen LogP contribution in [0.2, 0.25) is 0 Å². The van der Waals surface area contributed by atoms with Gasteiger partial charge >= 0.3 is 5.97 Å². The van der Waals surface area contributed by atoms with E-state index in [1.54, 1.807) is 50.2 Å². The Morgan fingerprint density at radius 2 is 1.44 bits per heavy atom. The Morgan fingerprint density at radius 3 is 1.88 bits per heavy atom. The van der Waals surface area contributed by atoms with Gasteiger partial charge in [0.15, 0.2) is 0 Å². The summed E-state index contributed by atoms with van der Waals surface area (Å²) in [5.41, 5.74) is 1.39. The highest BCUT2D eigenvalue weighted by atomic mass is 32.2. The molecule has 0 unspecified atom stereocenters. The molecule has 6 heteroatoms. The van der Waals surface area contributed by atoms with Crippen LogP contribution in [0.4, 0.5) is 0 Å². The minimum atomic E-state index is -3.81. The maximum atomic E-state index is 13.0. The van der Waals surface area contributed by atoms with Gasteiger partial charge in [-0.05, 0) is 17.0 Å². The van der Waals surface area contributed by atoms with Crippen LogP contribution < -0.4 is 0 Å². The fourth-order valence-corrected chi connectivity index (χ4v) is 4.55. The number of carboxylic acids is 1. The zero-order valence-electron chi connectivity index (χ0n) is 14.4. The van der Waals surface area contributed by atoms with Crippen LogP contribution in [0.5, 0.6) is 0 Å². The first kappa shape index (κ1) is 19.1. The number of aliphatic carboxylic acids is 1. The van der Waals surface area contributed by atoms with Crippen molar-refractivity contribution in [1.82, 2.24) is 4.31 Å². The molecule has 2 aromatic rings. The van der Waals surface area contributed by atoms with Crippen LogP contribution in [0.25, 0.3) is 0 Å². The quantitative estimate of drug-likeness (QED) is 0.784. The summed E-state index contributed by atoms with van der Waals surface area (Å²) in [4.78, 5) is 11.8. The Balaban J connectivity index is 2.40. The van der Waals surface area contributed by atoms with Gasteiger partial charge in [-0.3, -0.25) is 4.79 Å². The largest absolute Gasteiger partial charge is 0.480 e. The van der Waals surface area contributed by atoms with Gasteiger partial charge in [0.25, 0.3) is 0 Å². The SMILES string of the molecule is CC(C)[C@@H](C(=O)O)N(Cc1ccccc1)S(=O)(=O)Cc1ccccc1. The highest BCUT2D eigenvalue weighted by Gasteiger charge is 2.37. The summed E-state index contributed by atoms with van der Waals surface area (Å²) >= 11 is 0. The van der Waals surface area contributed by atoms with Crippen molar-refractivity contribution in [3.8, 4) is 0 Å². The molecule has 0 aliphatic rings. The van der Waals surface area contributed by atoms with Gasteiger partial charge in [0.2, 0.25) is 10.0 Å². The summed E-state index contributed by atoms with van der Waals surface area (Å²) < 4.78 is 27.1. The summed E-state index contributed by atoms with van der Waals surface area (Å²) in [5.74, 6) is -1.72. The van der Waals surface area contributed by atoms with Crippen LogP contribution >= 0.6 is 0 Å². The van der Waals surface area contributed by atoms with Gasteiger partial charge in [-0.2, -0.15) is 4.31 Å². The number of nitrogens with zero attached hydrogens (tertiary/aromatic N) is 1. The summed E-state index contributed by atoms with van der Waals surface area (Å²) in [6, 6.07) is 16.7. The monoisotopic (exact) mass is 361 g/mol. The Kier molecular flexibility index (Phi) is 6.33. The second-order valence-corrected chi connectivity index (χ2v) is 8.22. The van der Waals surface area contributed by atoms with Crippen molar-refractivity contribution < 1.29 is 18.3 Å². The summed E-state index contributed by atoms with van der Waals surface area (Å²) in [7, 11) is -3.81. The summed E-state index contributed by atoms with van der Waals surface area (Å²) in [5, 5.41) is 9.62. The van der Waals surface area contributed by atoms with Crippen LogP contribution in [0.15, 0.2) is 60.7 Å². The van der Waals surface area contributed by atoms with E-state index in [0.29, 0.717) is 5.56 Å². The molecule has 25 heavy (non-hydrogen) atoms. The Morgan fingerprint density at radius 1 is 0.960 bits per heavy atom. The van der Waals surface area contributed by atoms with Gasteiger partial charge in [-0.25, -0.2) is 8.42 Å². The molecular formula is C19H23NO4S.